The highest BCUT2D eigenvalue weighted by atomic mass is 16.6. The van der Waals surface area contributed by atoms with Crippen LogP contribution in [0.15, 0.2) is 60.7 Å². The standard InChI is InChI=1S/C26H26N2O6/c1-17-7-4-5-10-22(17)34-16-25(29)27-12-11-18-14-23(32-2)24(33-3)15-21(18)26(27)19-8-6-9-20(13-19)28(30)31/h4-10,13-15,26H,11-12,16H2,1-3H3. The van der Waals surface area contributed by atoms with E-state index in [-0.39, 0.29) is 18.2 Å². The molecule has 0 saturated heterocycles. The normalized spacial score (nSPS) is 14.8. The van der Waals surface area contributed by atoms with Gasteiger partial charge in [0.2, 0.25) is 0 Å². The summed E-state index contributed by atoms with van der Waals surface area (Å²) in [6.07, 6.45) is 0.608. The first-order valence-electron chi connectivity index (χ1n) is 10.9. The summed E-state index contributed by atoms with van der Waals surface area (Å²) in [6, 6.07) is 17.1. The molecule has 8 heteroatoms. The summed E-state index contributed by atoms with van der Waals surface area (Å²) in [6.45, 7) is 2.22. The Balaban J connectivity index is 1.74. The van der Waals surface area contributed by atoms with Crippen molar-refractivity contribution in [1.82, 2.24) is 4.90 Å². The van der Waals surface area contributed by atoms with Crippen LogP contribution in [-0.4, -0.2) is 43.1 Å². The molecule has 1 heterocycles. The van der Waals surface area contributed by atoms with Crippen LogP contribution in [0.25, 0.3) is 0 Å². The number of nitro benzene ring substituents is 1. The minimum Gasteiger partial charge on any atom is -0.493 e. The van der Waals surface area contributed by atoms with Crippen molar-refractivity contribution in [2.45, 2.75) is 19.4 Å². The van der Waals surface area contributed by atoms with Crippen molar-refractivity contribution in [3.63, 3.8) is 0 Å². The van der Waals surface area contributed by atoms with Gasteiger partial charge in [0, 0.05) is 18.7 Å². The molecule has 1 aliphatic heterocycles. The van der Waals surface area contributed by atoms with Gasteiger partial charge in [0.1, 0.15) is 5.75 Å². The molecule has 1 unspecified atom stereocenters. The molecule has 8 nitrogen and oxygen atoms in total. The molecule has 1 aliphatic rings. The van der Waals surface area contributed by atoms with Crippen LogP contribution < -0.4 is 14.2 Å². The number of non-ortho nitro benzene ring substituents is 1. The quantitative estimate of drug-likeness (QED) is 0.380. The zero-order chi connectivity index (χ0) is 24.2. The fourth-order valence-corrected chi connectivity index (χ4v) is 4.32. The number of nitrogens with zero attached hydrogens (tertiary/aromatic N) is 2. The van der Waals surface area contributed by atoms with Gasteiger partial charge in [-0.25, -0.2) is 0 Å². The molecule has 0 radical (unpaired) electrons. The van der Waals surface area contributed by atoms with Gasteiger partial charge < -0.3 is 19.1 Å². The summed E-state index contributed by atoms with van der Waals surface area (Å²) in [7, 11) is 3.12. The number of nitro groups is 1. The van der Waals surface area contributed by atoms with Gasteiger partial charge in [-0.2, -0.15) is 0 Å². The van der Waals surface area contributed by atoms with Gasteiger partial charge in [0.25, 0.3) is 11.6 Å². The SMILES string of the molecule is COc1cc2c(cc1OC)C(c1cccc([N+](=O)[O-])c1)N(C(=O)COc1ccccc1C)CC2. The molecule has 34 heavy (non-hydrogen) atoms. The molecule has 0 N–H and O–H groups in total. The Morgan fingerprint density at radius 3 is 2.47 bits per heavy atom. The fraction of sp³-hybridized carbons (Fsp3) is 0.269. The molecular formula is C26H26N2O6. The number of para-hydroxylation sites is 1. The maximum absolute atomic E-state index is 13.4. The Hall–Kier alpha value is -4.07. The third-order valence-electron chi connectivity index (χ3n) is 6.04. The Morgan fingerprint density at radius 2 is 1.76 bits per heavy atom. The highest BCUT2D eigenvalue weighted by molar-refractivity contribution is 5.79. The lowest BCUT2D eigenvalue weighted by atomic mass is 9.87. The molecule has 0 aromatic heterocycles. The van der Waals surface area contributed by atoms with Crippen LogP contribution in [0.2, 0.25) is 0 Å². The highest BCUT2D eigenvalue weighted by Gasteiger charge is 2.34. The van der Waals surface area contributed by atoms with Crippen molar-refractivity contribution >= 4 is 11.6 Å². The number of hydrogen-bond donors (Lipinski definition) is 0. The lowest BCUT2D eigenvalue weighted by molar-refractivity contribution is -0.384. The Labute approximate surface area is 197 Å². The van der Waals surface area contributed by atoms with Gasteiger partial charge >= 0.3 is 0 Å². The van der Waals surface area contributed by atoms with E-state index in [1.54, 1.807) is 31.3 Å². The van der Waals surface area contributed by atoms with E-state index >= 15 is 0 Å². The van der Waals surface area contributed by atoms with E-state index in [0.717, 1.165) is 16.7 Å². The van der Waals surface area contributed by atoms with Gasteiger partial charge in [-0.15, -0.1) is 0 Å². The summed E-state index contributed by atoms with van der Waals surface area (Å²) < 4.78 is 16.8. The molecule has 0 bridgehead atoms. The number of aryl methyl sites for hydroxylation is 1. The number of benzene rings is 3. The number of carbonyl (C=O) groups is 1. The van der Waals surface area contributed by atoms with E-state index in [9.17, 15) is 14.9 Å². The molecular weight excluding hydrogens is 436 g/mol. The minimum atomic E-state index is -0.531. The maximum atomic E-state index is 13.4. The summed E-state index contributed by atoms with van der Waals surface area (Å²) >= 11 is 0. The van der Waals surface area contributed by atoms with Crippen molar-refractivity contribution in [3.8, 4) is 17.2 Å². The minimum absolute atomic E-state index is 0.0336. The molecule has 0 saturated carbocycles. The third kappa shape index (κ3) is 4.52. The van der Waals surface area contributed by atoms with E-state index in [0.29, 0.717) is 35.8 Å². The van der Waals surface area contributed by atoms with Crippen LogP contribution >= 0.6 is 0 Å². The number of carbonyl (C=O) groups excluding carboxylic acids is 1. The first-order chi connectivity index (χ1) is 16.4. The second-order valence-corrected chi connectivity index (χ2v) is 8.05. The van der Waals surface area contributed by atoms with Crippen molar-refractivity contribution in [2.24, 2.45) is 0 Å². The highest BCUT2D eigenvalue weighted by Crippen LogP contribution is 2.41. The largest absolute Gasteiger partial charge is 0.493 e. The van der Waals surface area contributed by atoms with Crippen LogP contribution in [0.4, 0.5) is 5.69 Å². The Bertz CT molecular complexity index is 1230. The topological polar surface area (TPSA) is 91.1 Å². The number of fused-ring (bicyclic) bond motifs is 1. The number of hydrogen-bond acceptors (Lipinski definition) is 6. The van der Waals surface area contributed by atoms with Gasteiger partial charge in [0.05, 0.1) is 25.2 Å². The van der Waals surface area contributed by atoms with Crippen molar-refractivity contribution in [3.05, 3.63) is 93.0 Å². The maximum Gasteiger partial charge on any atom is 0.269 e. The molecule has 1 atom stereocenters. The van der Waals surface area contributed by atoms with Crippen LogP contribution in [0.3, 0.4) is 0 Å². The third-order valence-corrected chi connectivity index (χ3v) is 6.04. The zero-order valence-corrected chi connectivity index (χ0v) is 19.3. The molecule has 0 aliphatic carbocycles. The van der Waals surface area contributed by atoms with E-state index in [4.69, 9.17) is 14.2 Å². The van der Waals surface area contributed by atoms with Crippen LogP contribution in [0.1, 0.15) is 28.3 Å². The van der Waals surface area contributed by atoms with E-state index in [2.05, 4.69) is 0 Å². The van der Waals surface area contributed by atoms with Crippen LogP contribution in [0.5, 0.6) is 17.2 Å². The summed E-state index contributed by atoms with van der Waals surface area (Å²) in [5.74, 6) is 1.57. The van der Waals surface area contributed by atoms with Gasteiger partial charge in [-0.1, -0.05) is 30.3 Å². The number of amides is 1. The van der Waals surface area contributed by atoms with Gasteiger partial charge in [0.15, 0.2) is 18.1 Å². The van der Waals surface area contributed by atoms with Crippen molar-refractivity contribution in [1.29, 1.82) is 0 Å². The van der Waals surface area contributed by atoms with Crippen molar-refractivity contribution < 1.29 is 23.9 Å². The van der Waals surface area contributed by atoms with Crippen molar-refractivity contribution in [2.75, 3.05) is 27.4 Å². The van der Waals surface area contributed by atoms with Crippen LogP contribution in [0, 0.1) is 17.0 Å². The van der Waals surface area contributed by atoms with Crippen LogP contribution in [-0.2, 0) is 11.2 Å². The summed E-state index contributed by atoms with van der Waals surface area (Å²) in [5.41, 5.74) is 3.39. The second kappa shape index (κ2) is 9.82. The molecule has 0 spiro atoms. The van der Waals surface area contributed by atoms with Gasteiger partial charge in [-0.05, 0) is 53.8 Å². The average Bonchev–Trinajstić information content (AvgIpc) is 2.86. The smallest absolute Gasteiger partial charge is 0.269 e. The first kappa shape index (κ1) is 23.1. The number of rotatable bonds is 7. The van der Waals surface area contributed by atoms with E-state index in [1.807, 2.05) is 43.3 Å². The average molecular weight is 463 g/mol. The predicted molar refractivity (Wildman–Crippen MR) is 127 cm³/mol. The second-order valence-electron chi connectivity index (χ2n) is 8.05. The molecule has 1 amide bonds. The molecule has 4 rings (SSSR count). The fourth-order valence-electron chi connectivity index (χ4n) is 4.32. The number of ether oxygens (including phenoxy) is 3. The zero-order valence-electron chi connectivity index (χ0n) is 19.3. The Morgan fingerprint density at radius 1 is 1.03 bits per heavy atom. The predicted octanol–water partition coefficient (Wildman–Crippen LogP) is 4.47. The van der Waals surface area contributed by atoms with E-state index < -0.39 is 11.0 Å². The lowest BCUT2D eigenvalue weighted by Crippen LogP contribution is -2.43. The number of methoxy groups -OCH3 is 2. The van der Waals surface area contributed by atoms with E-state index in [1.165, 1.54) is 12.1 Å². The molecule has 176 valence electrons. The lowest BCUT2D eigenvalue weighted by Gasteiger charge is -2.38. The summed E-state index contributed by atoms with van der Waals surface area (Å²) in [4.78, 5) is 26.1. The molecule has 3 aromatic rings. The monoisotopic (exact) mass is 462 g/mol. The Kier molecular flexibility index (Phi) is 6.67. The molecule has 3 aromatic carbocycles. The van der Waals surface area contributed by atoms with Gasteiger partial charge in [-0.3, -0.25) is 14.9 Å². The summed E-state index contributed by atoms with van der Waals surface area (Å²) in [5, 5.41) is 11.4. The first-order valence-corrected chi connectivity index (χ1v) is 10.9. The molecule has 0 fully saturated rings.